The summed E-state index contributed by atoms with van der Waals surface area (Å²) < 4.78 is 15.6. The van der Waals surface area contributed by atoms with Crippen LogP contribution >= 0.6 is 8.60 Å². The molecule has 77 valence electrons. The minimum Gasteiger partial charge on any atom is -0.308 e. The molecule has 0 aromatic rings. The summed E-state index contributed by atoms with van der Waals surface area (Å²) in [7, 11) is -1.29. The van der Waals surface area contributed by atoms with Gasteiger partial charge in [-0.25, -0.2) is 0 Å². The summed E-state index contributed by atoms with van der Waals surface area (Å²) in [5, 5.41) is 0. The Morgan fingerprint density at radius 3 is 1.29 bits per heavy atom. The third-order valence-corrected chi connectivity index (χ3v) is 1.97. The molecule has 0 spiro atoms. The third-order valence-electron chi connectivity index (χ3n) is 0.893. The van der Waals surface area contributed by atoms with Crippen molar-refractivity contribution in [1.82, 2.24) is 0 Å². The highest BCUT2D eigenvalue weighted by Crippen LogP contribution is 2.39. The molecule has 5 heteroatoms. The molecule has 3 radical (unpaired) electrons. The monoisotopic (exact) mass is 213 g/mol. The van der Waals surface area contributed by atoms with E-state index < -0.39 is 8.60 Å². The number of hydrogen-bond acceptors (Lipinski definition) is 3. The van der Waals surface area contributed by atoms with Crippen LogP contribution in [0, 0.1) is 0 Å². The predicted octanol–water partition coefficient (Wildman–Crippen LogP) is 2.44. The molecular weight excluding hydrogens is 198 g/mol. The van der Waals surface area contributed by atoms with Crippen LogP contribution in [0.25, 0.3) is 0 Å². The maximum Gasteiger partial charge on any atom is 0.333 e. The standard InChI is InChI=1S/C9H15O3P.B/c1-4-7-10-13(11-8-5-2)12-9-6-3;/h4-6H,1-3,7-9H2;. The van der Waals surface area contributed by atoms with E-state index in [1.165, 1.54) is 0 Å². The normalized spacial score (nSPS) is 9.21. The van der Waals surface area contributed by atoms with Gasteiger partial charge in [-0.2, -0.15) is 0 Å². The lowest BCUT2D eigenvalue weighted by atomic mass is 10.7. The van der Waals surface area contributed by atoms with Gasteiger partial charge in [-0.1, -0.05) is 18.2 Å². The Kier molecular flexibility index (Phi) is 14.4. The average molecular weight is 213 g/mol. The van der Waals surface area contributed by atoms with Crippen LogP contribution in [-0.4, -0.2) is 28.2 Å². The van der Waals surface area contributed by atoms with Gasteiger partial charge >= 0.3 is 8.60 Å². The van der Waals surface area contributed by atoms with E-state index in [0.717, 1.165) is 0 Å². The molecule has 0 aliphatic rings. The molecule has 0 bridgehead atoms. The molecule has 0 saturated heterocycles. The molecule has 0 N–H and O–H groups in total. The van der Waals surface area contributed by atoms with Gasteiger partial charge < -0.3 is 13.6 Å². The molecule has 0 fully saturated rings. The molecule has 0 aliphatic heterocycles. The highest BCUT2D eigenvalue weighted by atomic mass is 31.2. The zero-order valence-electron chi connectivity index (χ0n) is 8.22. The second-order valence-corrected chi connectivity index (χ2v) is 3.20. The fourth-order valence-corrected chi connectivity index (χ4v) is 1.36. The maximum atomic E-state index is 5.20. The van der Waals surface area contributed by atoms with Gasteiger partial charge in [0, 0.05) is 8.41 Å². The summed E-state index contributed by atoms with van der Waals surface area (Å²) in [6.45, 7) is 11.8. The number of rotatable bonds is 9. The zero-order valence-corrected chi connectivity index (χ0v) is 9.12. The maximum absolute atomic E-state index is 5.20. The van der Waals surface area contributed by atoms with Gasteiger partial charge in [0.1, 0.15) is 0 Å². The smallest absolute Gasteiger partial charge is 0.308 e. The lowest BCUT2D eigenvalue weighted by molar-refractivity contribution is 0.195. The van der Waals surface area contributed by atoms with Crippen molar-refractivity contribution in [2.75, 3.05) is 19.8 Å². The van der Waals surface area contributed by atoms with Crippen molar-refractivity contribution in [2.24, 2.45) is 0 Å². The van der Waals surface area contributed by atoms with Gasteiger partial charge in [-0.05, 0) is 0 Å². The fraction of sp³-hybridized carbons (Fsp3) is 0.333. The average Bonchev–Trinajstić information content (AvgIpc) is 2.17. The molecule has 14 heavy (non-hydrogen) atoms. The molecule has 0 aromatic heterocycles. The van der Waals surface area contributed by atoms with E-state index in [4.69, 9.17) is 13.6 Å². The van der Waals surface area contributed by atoms with E-state index >= 15 is 0 Å². The first-order chi connectivity index (χ1) is 6.35. The van der Waals surface area contributed by atoms with Crippen molar-refractivity contribution >= 4 is 17.0 Å². The van der Waals surface area contributed by atoms with Gasteiger partial charge in [0.2, 0.25) is 0 Å². The first-order valence-corrected chi connectivity index (χ1v) is 4.96. The van der Waals surface area contributed by atoms with Gasteiger partial charge in [-0.15, -0.1) is 19.7 Å². The summed E-state index contributed by atoms with van der Waals surface area (Å²) in [4.78, 5) is 0. The van der Waals surface area contributed by atoms with Gasteiger partial charge in [0.15, 0.2) is 0 Å². The second kappa shape index (κ2) is 12.6. The molecule has 3 nitrogen and oxygen atoms in total. The van der Waals surface area contributed by atoms with Crippen LogP contribution in [0.1, 0.15) is 0 Å². The first-order valence-electron chi connectivity index (χ1n) is 3.86. The van der Waals surface area contributed by atoms with Crippen LogP contribution in [0.5, 0.6) is 0 Å². The lowest BCUT2D eigenvalue weighted by Crippen LogP contribution is -1.95. The van der Waals surface area contributed by atoms with Crippen molar-refractivity contribution in [1.29, 1.82) is 0 Å². The molecule has 0 aliphatic carbocycles. The van der Waals surface area contributed by atoms with Crippen molar-refractivity contribution in [3.63, 3.8) is 0 Å². The zero-order chi connectivity index (χ0) is 9.94. The Morgan fingerprint density at radius 2 is 1.07 bits per heavy atom. The highest BCUT2D eigenvalue weighted by Gasteiger charge is 2.09. The molecule has 0 heterocycles. The predicted molar refractivity (Wildman–Crippen MR) is 61.1 cm³/mol. The van der Waals surface area contributed by atoms with E-state index in [1.807, 2.05) is 0 Å². The summed E-state index contributed by atoms with van der Waals surface area (Å²) in [5.41, 5.74) is 0. The van der Waals surface area contributed by atoms with E-state index in [9.17, 15) is 0 Å². The minimum absolute atomic E-state index is 0. The van der Waals surface area contributed by atoms with E-state index in [2.05, 4.69) is 19.7 Å². The SMILES string of the molecule is C=CCOP(OCC=C)OCC=C.[B]. The van der Waals surface area contributed by atoms with E-state index in [-0.39, 0.29) is 8.41 Å². The van der Waals surface area contributed by atoms with Crippen LogP contribution in [0.2, 0.25) is 0 Å². The summed E-state index contributed by atoms with van der Waals surface area (Å²) in [6.07, 6.45) is 4.93. The molecule has 0 aromatic carbocycles. The fourth-order valence-electron chi connectivity index (χ4n) is 0.452. The van der Waals surface area contributed by atoms with Crippen molar-refractivity contribution in [2.45, 2.75) is 0 Å². The van der Waals surface area contributed by atoms with E-state index in [1.54, 1.807) is 18.2 Å². The minimum atomic E-state index is -1.29. The van der Waals surface area contributed by atoms with Crippen molar-refractivity contribution in [3.8, 4) is 0 Å². The van der Waals surface area contributed by atoms with Gasteiger partial charge in [-0.3, -0.25) is 0 Å². The number of hydrogen-bond donors (Lipinski definition) is 0. The molecule has 0 rings (SSSR count). The van der Waals surface area contributed by atoms with Gasteiger partial charge in [0.05, 0.1) is 19.8 Å². The van der Waals surface area contributed by atoms with Gasteiger partial charge in [0.25, 0.3) is 0 Å². The van der Waals surface area contributed by atoms with Crippen LogP contribution in [0.4, 0.5) is 0 Å². The molecular formula is C9H15BO3P. The summed E-state index contributed by atoms with van der Waals surface area (Å²) >= 11 is 0. The Bertz CT molecular complexity index is 136. The quantitative estimate of drug-likeness (QED) is 0.334. The van der Waals surface area contributed by atoms with Crippen molar-refractivity contribution < 1.29 is 13.6 Å². The highest BCUT2D eigenvalue weighted by molar-refractivity contribution is 7.41. The Hall–Kier alpha value is -0.405. The first kappa shape index (κ1) is 16.0. The summed E-state index contributed by atoms with van der Waals surface area (Å²) in [5.74, 6) is 0. The molecule has 0 amide bonds. The molecule has 0 atom stereocenters. The summed E-state index contributed by atoms with van der Waals surface area (Å²) in [6, 6.07) is 0. The Balaban J connectivity index is 0. The van der Waals surface area contributed by atoms with Crippen LogP contribution < -0.4 is 0 Å². The lowest BCUT2D eigenvalue weighted by Gasteiger charge is -2.13. The van der Waals surface area contributed by atoms with E-state index in [0.29, 0.717) is 19.8 Å². The molecule has 0 unspecified atom stereocenters. The Morgan fingerprint density at radius 1 is 0.786 bits per heavy atom. The Labute approximate surface area is 89.0 Å². The second-order valence-electron chi connectivity index (χ2n) is 1.98. The van der Waals surface area contributed by atoms with Crippen LogP contribution in [0.15, 0.2) is 38.0 Å². The molecule has 0 saturated carbocycles. The largest absolute Gasteiger partial charge is 0.333 e. The van der Waals surface area contributed by atoms with Crippen LogP contribution in [-0.2, 0) is 13.6 Å². The van der Waals surface area contributed by atoms with Crippen molar-refractivity contribution in [3.05, 3.63) is 38.0 Å². The topological polar surface area (TPSA) is 27.7 Å². The van der Waals surface area contributed by atoms with Crippen LogP contribution in [0.3, 0.4) is 0 Å². The third kappa shape index (κ3) is 9.68.